The van der Waals surface area contributed by atoms with Crippen LogP contribution in [0.15, 0.2) is 53.5 Å². The zero-order valence-corrected chi connectivity index (χ0v) is 18.3. The van der Waals surface area contributed by atoms with Crippen LogP contribution in [0, 0.1) is 0 Å². The van der Waals surface area contributed by atoms with Gasteiger partial charge < -0.3 is 4.90 Å². The van der Waals surface area contributed by atoms with E-state index >= 15 is 0 Å². The normalized spacial score (nSPS) is 15.7. The highest BCUT2D eigenvalue weighted by Crippen LogP contribution is 2.29. The van der Waals surface area contributed by atoms with Gasteiger partial charge in [-0.2, -0.15) is 5.10 Å². The minimum atomic E-state index is -0.450. The third kappa shape index (κ3) is 4.38. The molecule has 1 amide bonds. The number of pyridine rings is 1. The molecule has 1 fully saturated rings. The van der Waals surface area contributed by atoms with E-state index in [1.165, 1.54) is 11.1 Å². The van der Waals surface area contributed by atoms with Crippen LogP contribution >= 0.6 is 0 Å². The predicted octanol–water partition coefficient (Wildman–Crippen LogP) is 4.28. The Hall–Kier alpha value is -3.02. The zero-order valence-electron chi connectivity index (χ0n) is 18.3. The summed E-state index contributed by atoms with van der Waals surface area (Å²) in [5.74, 6) is -0.398. The molecule has 1 atom stereocenters. The van der Waals surface area contributed by atoms with Gasteiger partial charge in [-0.25, -0.2) is 4.68 Å². The fourth-order valence-corrected chi connectivity index (χ4v) is 4.61. The Bertz CT molecular complexity index is 1100. The van der Waals surface area contributed by atoms with Gasteiger partial charge >= 0.3 is 0 Å². The molecule has 0 N–H and O–H groups in total. The predicted molar refractivity (Wildman–Crippen MR) is 122 cm³/mol. The molecule has 4 rings (SSSR count). The van der Waals surface area contributed by atoms with Crippen molar-refractivity contribution in [2.75, 3.05) is 0 Å². The molecular formula is C25H30N4O2. The zero-order chi connectivity index (χ0) is 21.8. The number of hydrogen-bond donors (Lipinski definition) is 0. The summed E-state index contributed by atoms with van der Waals surface area (Å²) in [6, 6.07) is 13.5. The summed E-state index contributed by atoms with van der Waals surface area (Å²) >= 11 is 0. The molecule has 0 aliphatic heterocycles. The summed E-state index contributed by atoms with van der Waals surface area (Å²) in [7, 11) is 0. The lowest BCUT2D eigenvalue weighted by atomic mass is 9.92. The second-order valence-corrected chi connectivity index (χ2v) is 8.35. The van der Waals surface area contributed by atoms with E-state index in [4.69, 9.17) is 0 Å². The van der Waals surface area contributed by atoms with Crippen molar-refractivity contribution in [3.63, 3.8) is 0 Å². The van der Waals surface area contributed by atoms with E-state index in [2.05, 4.69) is 10.1 Å². The number of nitrogens with zero attached hydrogens (tertiary/aromatic N) is 4. The second kappa shape index (κ2) is 9.41. The molecule has 6 nitrogen and oxygen atoms in total. The maximum Gasteiger partial charge on any atom is 0.274 e. The Morgan fingerprint density at radius 2 is 1.81 bits per heavy atom. The van der Waals surface area contributed by atoms with Crippen LogP contribution in [0.4, 0.5) is 0 Å². The molecule has 31 heavy (non-hydrogen) atoms. The number of hydrogen-bond acceptors (Lipinski definition) is 4. The lowest BCUT2D eigenvalue weighted by molar-refractivity contribution is -0.136. The first-order chi connectivity index (χ1) is 15.1. The van der Waals surface area contributed by atoms with Gasteiger partial charge in [-0.1, -0.05) is 43.5 Å². The first-order valence-electron chi connectivity index (χ1n) is 11.3. The minimum absolute atomic E-state index is 0.0523. The molecule has 0 bridgehead atoms. The molecule has 162 valence electrons. The first kappa shape index (κ1) is 21.2. The SMILES string of the molecule is CCn1nc([C@@H](C)C(=O)N(Cc2ccccn2)C2CCCCC2)c2ccccc2c1=O. The van der Waals surface area contributed by atoms with Crippen molar-refractivity contribution in [1.82, 2.24) is 19.7 Å². The molecule has 0 unspecified atom stereocenters. The van der Waals surface area contributed by atoms with Crippen molar-refractivity contribution in [2.24, 2.45) is 0 Å². The van der Waals surface area contributed by atoms with Crippen molar-refractivity contribution in [1.29, 1.82) is 0 Å². The monoisotopic (exact) mass is 418 g/mol. The quantitative estimate of drug-likeness (QED) is 0.599. The van der Waals surface area contributed by atoms with E-state index in [0.29, 0.717) is 24.2 Å². The van der Waals surface area contributed by atoms with Gasteiger partial charge in [0.05, 0.1) is 29.2 Å². The van der Waals surface area contributed by atoms with Gasteiger partial charge in [-0.3, -0.25) is 14.6 Å². The highest BCUT2D eigenvalue weighted by atomic mass is 16.2. The largest absolute Gasteiger partial charge is 0.333 e. The maximum absolute atomic E-state index is 13.8. The van der Waals surface area contributed by atoms with Crippen LogP contribution in [-0.2, 0) is 17.9 Å². The number of aromatic nitrogens is 3. The third-order valence-corrected chi connectivity index (χ3v) is 6.33. The van der Waals surface area contributed by atoms with Gasteiger partial charge in [-0.15, -0.1) is 0 Å². The Morgan fingerprint density at radius 1 is 1.10 bits per heavy atom. The van der Waals surface area contributed by atoms with Crippen molar-refractivity contribution >= 4 is 16.7 Å². The van der Waals surface area contributed by atoms with Crippen LogP contribution in [0.3, 0.4) is 0 Å². The van der Waals surface area contributed by atoms with Gasteiger partial charge in [0.15, 0.2) is 0 Å². The number of fused-ring (bicyclic) bond motifs is 1. The molecule has 2 heterocycles. The van der Waals surface area contributed by atoms with Crippen molar-refractivity contribution < 1.29 is 4.79 Å². The molecule has 0 saturated heterocycles. The summed E-state index contributed by atoms with van der Waals surface area (Å²) < 4.78 is 1.46. The van der Waals surface area contributed by atoms with Crippen LogP contribution in [0.1, 0.15) is 63.3 Å². The number of aryl methyl sites for hydroxylation is 1. The van der Waals surface area contributed by atoms with Gasteiger partial charge in [0, 0.05) is 24.2 Å². The molecule has 2 aromatic heterocycles. The summed E-state index contributed by atoms with van der Waals surface area (Å²) in [6.07, 6.45) is 7.33. The maximum atomic E-state index is 13.8. The number of carbonyl (C=O) groups excluding carboxylic acids is 1. The lowest BCUT2D eigenvalue weighted by Gasteiger charge is -2.36. The molecule has 0 radical (unpaired) electrons. The van der Waals surface area contributed by atoms with E-state index in [1.54, 1.807) is 6.20 Å². The second-order valence-electron chi connectivity index (χ2n) is 8.35. The van der Waals surface area contributed by atoms with Gasteiger partial charge in [0.2, 0.25) is 5.91 Å². The molecule has 3 aromatic rings. The number of benzene rings is 1. The number of amides is 1. The van der Waals surface area contributed by atoms with Crippen LogP contribution in [0.25, 0.3) is 10.8 Å². The minimum Gasteiger partial charge on any atom is -0.333 e. The number of rotatable bonds is 6. The lowest BCUT2D eigenvalue weighted by Crippen LogP contribution is -2.43. The third-order valence-electron chi connectivity index (χ3n) is 6.33. The summed E-state index contributed by atoms with van der Waals surface area (Å²) in [5, 5.41) is 5.99. The van der Waals surface area contributed by atoms with Crippen LogP contribution in [-0.4, -0.2) is 31.6 Å². The van der Waals surface area contributed by atoms with Crippen molar-refractivity contribution in [2.45, 2.75) is 71.0 Å². The van der Waals surface area contributed by atoms with Gasteiger partial charge in [0.1, 0.15) is 0 Å². The Labute approximate surface area is 182 Å². The van der Waals surface area contributed by atoms with E-state index in [1.807, 2.05) is 61.2 Å². The van der Waals surface area contributed by atoms with Gasteiger partial charge in [-0.05, 0) is 44.9 Å². The standard InChI is InChI=1S/C25H30N4O2/c1-3-29-25(31)22-15-8-7-14-21(22)23(27-29)18(2)24(30)28(20-12-5-4-6-13-20)17-19-11-9-10-16-26-19/h7-11,14-16,18,20H,3-6,12-13,17H2,1-2H3/t18-/m1/s1. The van der Waals surface area contributed by atoms with Crippen LogP contribution in [0.2, 0.25) is 0 Å². The average Bonchev–Trinajstić information content (AvgIpc) is 2.83. The smallest absolute Gasteiger partial charge is 0.274 e. The topological polar surface area (TPSA) is 68.1 Å². The fraction of sp³-hybridized carbons (Fsp3) is 0.440. The fourth-order valence-electron chi connectivity index (χ4n) is 4.61. The molecule has 6 heteroatoms. The van der Waals surface area contributed by atoms with E-state index in [-0.39, 0.29) is 17.5 Å². The summed E-state index contributed by atoms with van der Waals surface area (Å²) in [6.45, 7) is 4.78. The van der Waals surface area contributed by atoms with E-state index in [9.17, 15) is 9.59 Å². The average molecular weight is 419 g/mol. The Kier molecular flexibility index (Phi) is 6.44. The summed E-state index contributed by atoms with van der Waals surface area (Å²) in [5.41, 5.74) is 1.45. The van der Waals surface area contributed by atoms with E-state index < -0.39 is 5.92 Å². The molecule has 1 aromatic carbocycles. The molecule has 0 spiro atoms. The van der Waals surface area contributed by atoms with Crippen molar-refractivity contribution in [3.05, 3.63) is 70.4 Å². The number of carbonyl (C=O) groups is 1. The van der Waals surface area contributed by atoms with Crippen LogP contribution in [0.5, 0.6) is 0 Å². The highest BCUT2D eigenvalue weighted by Gasteiger charge is 2.31. The molecule has 1 aliphatic rings. The molecule has 1 aliphatic carbocycles. The Balaban J connectivity index is 1.73. The summed E-state index contributed by atoms with van der Waals surface area (Å²) in [4.78, 5) is 33.0. The Morgan fingerprint density at radius 3 is 2.48 bits per heavy atom. The molecule has 1 saturated carbocycles. The van der Waals surface area contributed by atoms with E-state index in [0.717, 1.165) is 36.8 Å². The highest BCUT2D eigenvalue weighted by molar-refractivity contribution is 5.91. The van der Waals surface area contributed by atoms with Gasteiger partial charge in [0.25, 0.3) is 5.56 Å². The van der Waals surface area contributed by atoms with Crippen LogP contribution < -0.4 is 5.56 Å². The van der Waals surface area contributed by atoms with Crippen molar-refractivity contribution in [3.8, 4) is 0 Å². The first-order valence-corrected chi connectivity index (χ1v) is 11.3. The molecular weight excluding hydrogens is 388 g/mol.